The Hall–Kier alpha value is -1.43. The lowest BCUT2D eigenvalue weighted by Crippen LogP contribution is -2.30. The third-order valence-corrected chi connectivity index (χ3v) is 4.88. The first-order valence-corrected chi connectivity index (χ1v) is 8.24. The van der Waals surface area contributed by atoms with Crippen molar-refractivity contribution in [3.8, 4) is 0 Å². The molecule has 0 radical (unpaired) electrons. The van der Waals surface area contributed by atoms with Crippen LogP contribution in [-0.2, 0) is 20.7 Å². The topological polar surface area (TPSA) is 68.3 Å². The maximum Gasteiger partial charge on any atom is 0.305 e. The molecule has 1 aromatic rings. The van der Waals surface area contributed by atoms with Crippen LogP contribution in [0.1, 0.15) is 51.1 Å². The van der Waals surface area contributed by atoms with Gasteiger partial charge in [0.15, 0.2) is 5.13 Å². The third kappa shape index (κ3) is 4.27. The summed E-state index contributed by atoms with van der Waals surface area (Å²) in [5.41, 5.74) is 0.673. The van der Waals surface area contributed by atoms with Crippen molar-refractivity contribution in [1.82, 2.24) is 4.98 Å². The standard InChI is InChI=1S/C15H22N2O3S/c1-15(8-3-4-9-15)13(19)17-14-16-11(10-21-14)6-5-7-12(18)20-2/h10H,3-9H2,1-2H3,(H,16,17,19). The summed E-state index contributed by atoms with van der Waals surface area (Å²) in [5.74, 6) is -0.122. The van der Waals surface area contributed by atoms with Crippen LogP contribution in [0.5, 0.6) is 0 Å². The van der Waals surface area contributed by atoms with Gasteiger partial charge in [-0.2, -0.15) is 0 Å². The van der Waals surface area contributed by atoms with Crippen molar-refractivity contribution in [1.29, 1.82) is 0 Å². The highest BCUT2D eigenvalue weighted by Crippen LogP contribution is 2.38. The van der Waals surface area contributed by atoms with Crippen LogP contribution < -0.4 is 5.32 Å². The lowest BCUT2D eigenvalue weighted by Gasteiger charge is -2.21. The lowest BCUT2D eigenvalue weighted by atomic mass is 9.88. The second-order valence-corrected chi connectivity index (χ2v) is 6.65. The number of rotatable bonds is 6. The van der Waals surface area contributed by atoms with Gasteiger partial charge in [-0.3, -0.25) is 9.59 Å². The monoisotopic (exact) mass is 310 g/mol. The normalized spacial score (nSPS) is 16.7. The van der Waals surface area contributed by atoms with Crippen molar-refractivity contribution < 1.29 is 14.3 Å². The zero-order valence-corrected chi connectivity index (χ0v) is 13.4. The van der Waals surface area contributed by atoms with E-state index >= 15 is 0 Å². The first-order valence-electron chi connectivity index (χ1n) is 7.36. The fraction of sp³-hybridized carbons (Fsp3) is 0.667. The number of carbonyl (C=O) groups is 2. The van der Waals surface area contributed by atoms with E-state index in [-0.39, 0.29) is 17.3 Å². The van der Waals surface area contributed by atoms with E-state index in [0.29, 0.717) is 18.0 Å². The minimum Gasteiger partial charge on any atom is -0.469 e. The van der Waals surface area contributed by atoms with Gasteiger partial charge >= 0.3 is 5.97 Å². The molecule has 1 heterocycles. The molecule has 2 rings (SSSR count). The Labute approximate surface area is 129 Å². The van der Waals surface area contributed by atoms with Gasteiger partial charge in [-0.1, -0.05) is 19.8 Å². The molecule has 0 aliphatic heterocycles. The number of anilines is 1. The maximum absolute atomic E-state index is 12.3. The van der Waals surface area contributed by atoms with Gasteiger partial charge in [-0.25, -0.2) is 4.98 Å². The molecule has 116 valence electrons. The zero-order valence-electron chi connectivity index (χ0n) is 12.6. The molecule has 1 aliphatic carbocycles. The number of aryl methyl sites for hydroxylation is 1. The molecule has 0 saturated heterocycles. The van der Waals surface area contributed by atoms with Crippen molar-refractivity contribution in [2.45, 2.75) is 51.9 Å². The summed E-state index contributed by atoms with van der Waals surface area (Å²) in [4.78, 5) is 27.7. The highest BCUT2D eigenvalue weighted by atomic mass is 32.1. The van der Waals surface area contributed by atoms with E-state index in [1.165, 1.54) is 18.4 Å². The average Bonchev–Trinajstić information content (AvgIpc) is 3.09. The molecule has 1 amide bonds. The molecule has 0 spiro atoms. The van der Waals surface area contributed by atoms with Gasteiger partial charge in [0.05, 0.1) is 12.8 Å². The number of nitrogens with zero attached hydrogens (tertiary/aromatic N) is 1. The second-order valence-electron chi connectivity index (χ2n) is 5.80. The van der Waals surface area contributed by atoms with Crippen LogP contribution in [0.3, 0.4) is 0 Å². The van der Waals surface area contributed by atoms with Crippen molar-refractivity contribution in [2.24, 2.45) is 5.41 Å². The molecule has 6 heteroatoms. The minimum atomic E-state index is -0.239. The van der Waals surface area contributed by atoms with Crippen LogP contribution >= 0.6 is 11.3 Å². The number of methoxy groups -OCH3 is 1. The number of ether oxygens (including phenoxy) is 1. The predicted octanol–water partition coefficient (Wildman–Crippen LogP) is 3.16. The first kappa shape index (κ1) is 15.9. The van der Waals surface area contributed by atoms with Crippen LogP contribution in [0.2, 0.25) is 0 Å². The molecule has 21 heavy (non-hydrogen) atoms. The molecule has 1 aliphatic rings. The van der Waals surface area contributed by atoms with Crippen LogP contribution in [0.4, 0.5) is 5.13 Å². The van der Waals surface area contributed by atoms with Gasteiger partial charge in [0.2, 0.25) is 5.91 Å². The Balaban J connectivity index is 1.82. The van der Waals surface area contributed by atoms with E-state index in [0.717, 1.165) is 37.8 Å². The number of aromatic nitrogens is 1. The zero-order chi connectivity index (χ0) is 15.3. The van der Waals surface area contributed by atoms with Crippen LogP contribution in [0, 0.1) is 5.41 Å². The van der Waals surface area contributed by atoms with E-state index in [1.54, 1.807) is 0 Å². The Morgan fingerprint density at radius 1 is 1.43 bits per heavy atom. The quantitative estimate of drug-likeness (QED) is 0.820. The SMILES string of the molecule is COC(=O)CCCc1csc(NC(=O)C2(C)CCCC2)n1. The predicted molar refractivity (Wildman–Crippen MR) is 82.3 cm³/mol. The second kappa shape index (κ2) is 7.02. The van der Waals surface area contributed by atoms with Crippen LogP contribution in [0.25, 0.3) is 0 Å². The summed E-state index contributed by atoms with van der Waals surface area (Å²) in [6, 6.07) is 0. The smallest absolute Gasteiger partial charge is 0.305 e. The van der Waals surface area contributed by atoms with Gasteiger partial charge in [-0.15, -0.1) is 11.3 Å². The van der Waals surface area contributed by atoms with Crippen molar-refractivity contribution in [2.75, 3.05) is 12.4 Å². The molecule has 0 aromatic carbocycles. The van der Waals surface area contributed by atoms with Gasteiger partial charge in [0.1, 0.15) is 0 Å². The molecular weight excluding hydrogens is 288 g/mol. The number of nitrogens with one attached hydrogen (secondary N) is 1. The highest BCUT2D eigenvalue weighted by molar-refractivity contribution is 7.13. The summed E-state index contributed by atoms with van der Waals surface area (Å²) >= 11 is 1.44. The molecule has 1 saturated carbocycles. The Bertz CT molecular complexity index is 507. The highest BCUT2D eigenvalue weighted by Gasteiger charge is 2.36. The van der Waals surface area contributed by atoms with Gasteiger partial charge in [-0.05, 0) is 25.7 Å². The average molecular weight is 310 g/mol. The number of esters is 1. The summed E-state index contributed by atoms with van der Waals surface area (Å²) in [7, 11) is 1.39. The van der Waals surface area contributed by atoms with Crippen LogP contribution in [-0.4, -0.2) is 24.0 Å². The van der Waals surface area contributed by atoms with Gasteiger partial charge in [0, 0.05) is 17.2 Å². The maximum atomic E-state index is 12.3. The molecule has 0 unspecified atom stereocenters. The van der Waals surface area contributed by atoms with Crippen molar-refractivity contribution >= 4 is 28.3 Å². The molecular formula is C15H22N2O3S. The van der Waals surface area contributed by atoms with E-state index < -0.39 is 0 Å². The fourth-order valence-electron chi connectivity index (χ4n) is 2.63. The van der Waals surface area contributed by atoms with Crippen molar-refractivity contribution in [3.63, 3.8) is 0 Å². The fourth-order valence-corrected chi connectivity index (χ4v) is 3.37. The number of hydrogen-bond acceptors (Lipinski definition) is 5. The largest absolute Gasteiger partial charge is 0.469 e. The summed E-state index contributed by atoms with van der Waals surface area (Å²) in [6.45, 7) is 2.03. The van der Waals surface area contributed by atoms with Crippen LogP contribution in [0.15, 0.2) is 5.38 Å². The number of amides is 1. The molecule has 0 bridgehead atoms. The first-order chi connectivity index (χ1) is 10.0. The van der Waals surface area contributed by atoms with Gasteiger partial charge in [0.25, 0.3) is 0 Å². The molecule has 1 fully saturated rings. The van der Waals surface area contributed by atoms with E-state index in [4.69, 9.17) is 0 Å². The Morgan fingerprint density at radius 3 is 2.81 bits per heavy atom. The van der Waals surface area contributed by atoms with E-state index in [2.05, 4.69) is 15.0 Å². The number of carbonyl (C=O) groups excluding carboxylic acids is 2. The summed E-state index contributed by atoms with van der Waals surface area (Å²) < 4.78 is 4.60. The Morgan fingerprint density at radius 2 is 2.14 bits per heavy atom. The summed E-state index contributed by atoms with van der Waals surface area (Å²) in [5, 5.41) is 5.52. The van der Waals surface area contributed by atoms with E-state index in [1.807, 2.05) is 12.3 Å². The molecule has 0 atom stereocenters. The Kier molecular flexibility index (Phi) is 5.33. The summed E-state index contributed by atoms with van der Waals surface area (Å²) in [6.07, 6.45) is 5.99. The third-order valence-electron chi connectivity index (χ3n) is 4.07. The molecule has 1 aromatic heterocycles. The minimum absolute atomic E-state index is 0.0791. The lowest BCUT2D eigenvalue weighted by molar-refractivity contribution is -0.140. The van der Waals surface area contributed by atoms with E-state index in [9.17, 15) is 9.59 Å². The number of hydrogen-bond donors (Lipinski definition) is 1. The molecule has 5 nitrogen and oxygen atoms in total. The molecule has 1 N–H and O–H groups in total. The van der Waals surface area contributed by atoms with Gasteiger partial charge < -0.3 is 10.1 Å². The van der Waals surface area contributed by atoms with Crippen molar-refractivity contribution in [3.05, 3.63) is 11.1 Å². The number of thiazole rings is 1.